The molecule has 0 atom stereocenters. The van der Waals surface area contributed by atoms with Gasteiger partial charge in [-0.25, -0.2) is 0 Å². The molecule has 0 saturated heterocycles. The summed E-state index contributed by atoms with van der Waals surface area (Å²) < 4.78 is 10.6. The van der Waals surface area contributed by atoms with E-state index in [0.29, 0.717) is 29.0 Å². The Bertz CT molecular complexity index is 723. The molecule has 0 amide bonds. The number of carbonyl (C=O) groups excluding carboxylic acids is 2. The number of rotatable bonds is 5. The molecule has 0 unspecified atom stereocenters. The van der Waals surface area contributed by atoms with Crippen LogP contribution < -0.4 is 9.47 Å². The topological polar surface area (TPSA) is 52.6 Å². The molecule has 1 aliphatic carbocycles. The first-order valence-electron chi connectivity index (χ1n) is 7.98. The summed E-state index contributed by atoms with van der Waals surface area (Å²) >= 11 is 0. The maximum Gasteiger partial charge on any atom is 0.150 e. The van der Waals surface area contributed by atoms with Gasteiger partial charge in [0.15, 0.2) is 6.29 Å². The average Bonchev–Trinajstić information content (AvgIpc) is 2.57. The second kappa shape index (κ2) is 7.04. The highest BCUT2D eigenvalue weighted by Gasteiger charge is 2.34. The Hall–Kier alpha value is -2.36. The van der Waals surface area contributed by atoms with Crippen molar-refractivity contribution in [3.8, 4) is 11.5 Å². The number of hydrogen-bond acceptors (Lipinski definition) is 4. The molecule has 0 fully saturated rings. The summed E-state index contributed by atoms with van der Waals surface area (Å²) in [5.74, 6) is 1.37. The molecule has 0 N–H and O–H groups in total. The third kappa shape index (κ3) is 3.28. The van der Waals surface area contributed by atoms with Crippen molar-refractivity contribution in [3.05, 3.63) is 40.5 Å². The maximum atomic E-state index is 12.2. The predicted octanol–water partition coefficient (Wildman–Crippen LogP) is 4.24. The number of methoxy groups -OCH3 is 2. The van der Waals surface area contributed by atoms with Crippen molar-refractivity contribution in [2.24, 2.45) is 5.41 Å². The number of carbonyl (C=O) groups is 2. The van der Waals surface area contributed by atoms with Crippen LogP contribution in [0.5, 0.6) is 11.5 Å². The van der Waals surface area contributed by atoms with Crippen LogP contribution in [0.3, 0.4) is 0 Å². The fourth-order valence-electron chi connectivity index (χ4n) is 3.13. The van der Waals surface area contributed by atoms with E-state index in [2.05, 4.69) is 6.92 Å². The van der Waals surface area contributed by atoms with E-state index in [1.54, 1.807) is 26.4 Å². The molecule has 0 radical (unpaired) electrons. The number of benzene rings is 1. The Morgan fingerprint density at radius 3 is 2.38 bits per heavy atom. The van der Waals surface area contributed by atoms with Gasteiger partial charge < -0.3 is 9.47 Å². The van der Waals surface area contributed by atoms with Gasteiger partial charge in [0, 0.05) is 29.0 Å². The van der Waals surface area contributed by atoms with Crippen LogP contribution in [0.4, 0.5) is 0 Å². The van der Waals surface area contributed by atoms with Crippen LogP contribution in [0.2, 0.25) is 0 Å². The van der Waals surface area contributed by atoms with E-state index in [1.165, 1.54) is 5.57 Å². The number of Topliss-reactive ketones (excluding diaryl/α,β-unsaturated/α-hetero) is 1. The zero-order chi connectivity index (χ0) is 17.9. The van der Waals surface area contributed by atoms with Crippen molar-refractivity contribution in [1.82, 2.24) is 0 Å². The molecule has 0 aromatic heterocycles. The van der Waals surface area contributed by atoms with Gasteiger partial charge in [-0.05, 0) is 38.8 Å². The summed E-state index contributed by atoms with van der Waals surface area (Å²) in [6.45, 7) is 5.95. The molecule has 4 nitrogen and oxygen atoms in total. The van der Waals surface area contributed by atoms with Crippen LogP contribution in [0.15, 0.2) is 29.4 Å². The van der Waals surface area contributed by atoms with Crippen molar-refractivity contribution >= 4 is 18.1 Å². The van der Waals surface area contributed by atoms with Crippen molar-refractivity contribution in [2.75, 3.05) is 14.2 Å². The first-order chi connectivity index (χ1) is 11.3. The summed E-state index contributed by atoms with van der Waals surface area (Å²) in [4.78, 5) is 23.7. The number of allylic oxidation sites excluding steroid dienone is 3. The highest BCUT2D eigenvalue weighted by atomic mass is 16.5. The number of ketones is 1. The third-order valence-electron chi connectivity index (χ3n) is 4.70. The highest BCUT2D eigenvalue weighted by Crippen LogP contribution is 2.39. The van der Waals surface area contributed by atoms with E-state index in [-0.39, 0.29) is 5.78 Å². The van der Waals surface area contributed by atoms with E-state index >= 15 is 0 Å². The van der Waals surface area contributed by atoms with Crippen molar-refractivity contribution in [1.29, 1.82) is 0 Å². The first-order valence-corrected chi connectivity index (χ1v) is 7.98. The van der Waals surface area contributed by atoms with Crippen molar-refractivity contribution in [3.63, 3.8) is 0 Å². The van der Waals surface area contributed by atoms with Gasteiger partial charge in [0.1, 0.15) is 17.3 Å². The lowest BCUT2D eigenvalue weighted by Gasteiger charge is -2.31. The Morgan fingerprint density at radius 1 is 1.08 bits per heavy atom. The zero-order valence-corrected chi connectivity index (χ0v) is 14.9. The summed E-state index contributed by atoms with van der Waals surface area (Å²) in [6, 6.07) is 3.42. The molecule has 0 spiro atoms. The van der Waals surface area contributed by atoms with Crippen molar-refractivity contribution in [2.45, 2.75) is 33.6 Å². The molecule has 1 aromatic carbocycles. The fourth-order valence-corrected chi connectivity index (χ4v) is 3.13. The van der Waals surface area contributed by atoms with Gasteiger partial charge in [-0.3, -0.25) is 9.59 Å². The summed E-state index contributed by atoms with van der Waals surface area (Å²) in [7, 11) is 3.10. The smallest absolute Gasteiger partial charge is 0.150 e. The molecule has 24 heavy (non-hydrogen) atoms. The molecule has 1 aromatic rings. The third-order valence-corrected chi connectivity index (χ3v) is 4.70. The van der Waals surface area contributed by atoms with Gasteiger partial charge in [0.05, 0.1) is 14.2 Å². The summed E-state index contributed by atoms with van der Waals surface area (Å²) in [6.07, 6.45) is 5.93. The standard InChI is InChI=1S/C20H24O4/c1-13-6-9-19(22)20(2,3)17(13)8-7-16-14(12-21)10-15(23-4)11-18(16)24-5/h7-8,10-12H,6,9H2,1-5H3/b8-7-. The molecule has 2 rings (SSSR count). The maximum absolute atomic E-state index is 12.2. The summed E-state index contributed by atoms with van der Waals surface area (Å²) in [5.41, 5.74) is 2.87. The van der Waals surface area contributed by atoms with Gasteiger partial charge in [-0.1, -0.05) is 17.7 Å². The summed E-state index contributed by atoms with van der Waals surface area (Å²) in [5, 5.41) is 0. The zero-order valence-electron chi connectivity index (χ0n) is 14.9. The molecular formula is C20H24O4. The van der Waals surface area contributed by atoms with E-state index in [9.17, 15) is 9.59 Å². The monoisotopic (exact) mass is 328 g/mol. The van der Waals surface area contributed by atoms with E-state index in [0.717, 1.165) is 18.3 Å². The van der Waals surface area contributed by atoms with Gasteiger partial charge in [0.25, 0.3) is 0 Å². The molecule has 0 bridgehead atoms. The minimum Gasteiger partial charge on any atom is -0.497 e. The van der Waals surface area contributed by atoms with Gasteiger partial charge in [0.2, 0.25) is 0 Å². The molecule has 0 heterocycles. The number of aldehydes is 1. The van der Waals surface area contributed by atoms with Crippen LogP contribution in [-0.2, 0) is 4.79 Å². The van der Waals surface area contributed by atoms with Gasteiger partial charge in [-0.2, -0.15) is 0 Å². The van der Waals surface area contributed by atoms with Crippen molar-refractivity contribution < 1.29 is 19.1 Å². The SMILES string of the molecule is COc1cc(C=O)c(/C=C\C2=C(C)CCC(=O)C2(C)C)c(OC)c1. The number of ether oxygens (including phenoxy) is 2. The minimum absolute atomic E-state index is 0.241. The lowest BCUT2D eigenvalue weighted by atomic mass is 9.71. The molecular weight excluding hydrogens is 304 g/mol. The van der Waals surface area contributed by atoms with Crippen LogP contribution in [-0.4, -0.2) is 26.3 Å². The minimum atomic E-state index is -0.514. The second-order valence-corrected chi connectivity index (χ2v) is 6.53. The Kier molecular flexibility index (Phi) is 5.27. The van der Waals surface area contributed by atoms with Crippen LogP contribution in [0, 0.1) is 5.41 Å². The quantitative estimate of drug-likeness (QED) is 0.759. The Balaban J connectivity index is 2.52. The molecule has 0 aliphatic heterocycles. The molecule has 128 valence electrons. The lowest BCUT2D eigenvalue weighted by Crippen LogP contribution is -2.30. The van der Waals surface area contributed by atoms with Gasteiger partial charge >= 0.3 is 0 Å². The van der Waals surface area contributed by atoms with E-state index in [1.807, 2.05) is 26.0 Å². The molecule has 4 heteroatoms. The first kappa shape index (κ1) is 18.0. The average molecular weight is 328 g/mol. The predicted molar refractivity (Wildman–Crippen MR) is 94.7 cm³/mol. The van der Waals surface area contributed by atoms with E-state index < -0.39 is 5.41 Å². The number of hydrogen-bond donors (Lipinski definition) is 0. The lowest BCUT2D eigenvalue weighted by molar-refractivity contribution is -0.125. The molecule has 0 saturated carbocycles. The van der Waals surface area contributed by atoms with Crippen LogP contribution >= 0.6 is 0 Å². The Morgan fingerprint density at radius 2 is 1.79 bits per heavy atom. The van der Waals surface area contributed by atoms with Crippen LogP contribution in [0.1, 0.15) is 49.5 Å². The highest BCUT2D eigenvalue weighted by molar-refractivity contribution is 5.91. The fraction of sp³-hybridized carbons (Fsp3) is 0.400. The molecule has 1 aliphatic rings. The largest absolute Gasteiger partial charge is 0.497 e. The normalized spacial score (nSPS) is 17.3. The van der Waals surface area contributed by atoms with Crippen LogP contribution in [0.25, 0.3) is 6.08 Å². The van der Waals surface area contributed by atoms with E-state index in [4.69, 9.17) is 9.47 Å². The second-order valence-electron chi connectivity index (χ2n) is 6.53. The Labute approximate surface area is 143 Å². The van der Waals surface area contributed by atoms with Gasteiger partial charge in [-0.15, -0.1) is 0 Å².